The second-order valence-electron chi connectivity index (χ2n) is 9.09. The van der Waals surface area contributed by atoms with Crippen molar-refractivity contribution in [2.24, 2.45) is 7.05 Å². The zero-order chi connectivity index (χ0) is 22.4. The van der Waals surface area contributed by atoms with Crippen molar-refractivity contribution in [3.05, 3.63) is 89.4 Å². The fourth-order valence-electron chi connectivity index (χ4n) is 5.09. The first-order valence-corrected chi connectivity index (χ1v) is 11.5. The molecule has 0 atom stereocenters. The Morgan fingerprint density at radius 2 is 1.76 bits per heavy atom. The summed E-state index contributed by atoms with van der Waals surface area (Å²) in [5.74, 6) is 0.981. The van der Waals surface area contributed by atoms with Crippen LogP contribution < -0.4 is 0 Å². The SMILES string of the molecule is Cn1nc(-c2nncn2Cc2ccccc2)c2c1CCN(C(=O)C1(c3ccccc3)CC1)C2. The van der Waals surface area contributed by atoms with Gasteiger partial charge in [-0.3, -0.25) is 9.48 Å². The molecule has 0 radical (unpaired) electrons. The number of benzene rings is 2. The second kappa shape index (κ2) is 7.69. The van der Waals surface area contributed by atoms with Crippen LogP contribution in [0.25, 0.3) is 11.5 Å². The van der Waals surface area contributed by atoms with Crippen molar-refractivity contribution >= 4 is 5.91 Å². The summed E-state index contributed by atoms with van der Waals surface area (Å²) in [5, 5.41) is 13.4. The van der Waals surface area contributed by atoms with Crippen molar-refractivity contribution in [1.82, 2.24) is 29.4 Å². The summed E-state index contributed by atoms with van der Waals surface area (Å²) in [7, 11) is 1.98. The van der Waals surface area contributed by atoms with Crippen LogP contribution >= 0.6 is 0 Å². The minimum Gasteiger partial charge on any atom is -0.337 e. The molecule has 2 aromatic carbocycles. The molecule has 3 heterocycles. The van der Waals surface area contributed by atoms with Gasteiger partial charge in [0.2, 0.25) is 5.91 Å². The number of fused-ring (bicyclic) bond motifs is 1. The first-order valence-electron chi connectivity index (χ1n) is 11.5. The molecule has 33 heavy (non-hydrogen) atoms. The third-order valence-electron chi connectivity index (χ3n) is 7.04. The van der Waals surface area contributed by atoms with Crippen LogP contribution in [0.5, 0.6) is 0 Å². The van der Waals surface area contributed by atoms with E-state index in [1.165, 1.54) is 11.3 Å². The molecule has 0 unspecified atom stereocenters. The summed E-state index contributed by atoms with van der Waals surface area (Å²) in [6, 6.07) is 20.5. The van der Waals surface area contributed by atoms with Crippen molar-refractivity contribution in [2.75, 3.05) is 6.54 Å². The standard InChI is InChI=1S/C26H26N6O/c1-30-22-12-15-31(25(33)26(13-14-26)20-10-6-3-7-11-20)17-21(22)23(29-30)24-28-27-18-32(24)16-19-8-4-2-5-9-19/h2-11,18H,12-17H2,1H3. The predicted octanol–water partition coefficient (Wildman–Crippen LogP) is 3.34. The lowest BCUT2D eigenvalue weighted by atomic mass is 9.93. The van der Waals surface area contributed by atoms with Gasteiger partial charge in [-0.05, 0) is 24.0 Å². The average Bonchev–Trinajstić information content (AvgIpc) is 3.45. The maximum atomic E-state index is 13.7. The van der Waals surface area contributed by atoms with Crippen molar-refractivity contribution in [3.8, 4) is 11.5 Å². The lowest BCUT2D eigenvalue weighted by Crippen LogP contribution is -2.42. The third-order valence-corrected chi connectivity index (χ3v) is 7.04. The molecule has 0 saturated heterocycles. The lowest BCUT2D eigenvalue weighted by Gasteiger charge is -2.31. The number of hydrogen-bond acceptors (Lipinski definition) is 4. The van der Waals surface area contributed by atoms with Gasteiger partial charge >= 0.3 is 0 Å². The molecule has 1 saturated carbocycles. The molecule has 1 fully saturated rings. The molecule has 1 aliphatic carbocycles. The van der Waals surface area contributed by atoms with E-state index < -0.39 is 0 Å². The minimum absolute atomic E-state index is 0.236. The Balaban J connectivity index is 1.31. The number of carbonyl (C=O) groups is 1. The molecule has 0 bridgehead atoms. The van der Waals surface area contributed by atoms with E-state index in [-0.39, 0.29) is 11.3 Å². The highest BCUT2D eigenvalue weighted by atomic mass is 16.2. The van der Waals surface area contributed by atoms with E-state index in [1.807, 2.05) is 57.6 Å². The molecular weight excluding hydrogens is 412 g/mol. The topological polar surface area (TPSA) is 68.8 Å². The van der Waals surface area contributed by atoms with Gasteiger partial charge in [0.1, 0.15) is 12.0 Å². The average molecular weight is 439 g/mol. The number of aromatic nitrogens is 5. The molecular formula is C26H26N6O. The molecule has 7 heteroatoms. The van der Waals surface area contributed by atoms with Gasteiger partial charge < -0.3 is 9.47 Å². The van der Waals surface area contributed by atoms with Gasteiger partial charge in [0.05, 0.1) is 12.0 Å². The Kier molecular flexibility index (Phi) is 4.64. The third kappa shape index (κ3) is 3.35. The number of nitrogens with zero attached hydrogens (tertiary/aromatic N) is 6. The van der Waals surface area contributed by atoms with Crippen LogP contribution in [-0.2, 0) is 36.8 Å². The summed E-state index contributed by atoms with van der Waals surface area (Å²) in [4.78, 5) is 15.7. The Bertz CT molecular complexity index is 1300. The van der Waals surface area contributed by atoms with Gasteiger partial charge in [-0.15, -0.1) is 10.2 Å². The van der Waals surface area contributed by atoms with E-state index in [1.54, 1.807) is 6.33 Å². The normalized spacial score (nSPS) is 16.5. The zero-order valence-electron chi connectivity index (χ0n) is 18.7. The van der Waals surface area contributed by atoms with Gasteiger partial charge in [-0.2, -0.15) is 5.10 Å². The Morgan fingerprint density at radius 3 is 2.48 bits per heavy atom. The fraction of sp³-hybridized carbons (Fsp3) is 0.308. The quantitative estimate of drug-likeness (QED) is 0.479. The summed E-state index contributed by atoms with van der Waals surface area (Å²) in [5.41, 5.74) is 5.04. The Morgan fingerprint density at radius 1 is 1.03 bits per heavy atom. The second-order valence-corrected chi connectivity index (χ2v) is 9.09. The van der Waals surface area contributed by atoms with Crippen LogP contribution in [0.4, 0.5) is 0 Å². The molecule has 166 valence electrons. The van der Waals surface area contributed by atoms with Crippen molar-refractivity contribution in [3.63, 3.8) is 0 Å². The molecule has 4 aromatic rings. The minimum atomic E-state index is -0.353. The number of amides is 1. The van der Waals surface area contributed by atoms with Crippen molar-refractivity contribution < 1.29 is 4.79 Å². The molecule has 2 aromatic heterocycles. The van der Waals surface area contributed by atoms with Gasteiger partial charge in [-0.25, -0.2) is 0 Å². The number of rotatable bonds is 5. The first-order chi connectivity index (χ1) is 16.2. The molecule has 1 amide bonds. The van der Waals surface area contributed by atoms with E-state index in [0.29, 0.717) is 13.1 Å². The zero-order valence-corrected chi connectivity index (χ0v) is 18.7. The molecule has 1 aliphatic heterocycles. The maximum absolute atomic E-state index is 13.7. The van der Waals surface area contributed by atoms with Crippen LogP contribution in [0.1, 0.15) is 35.2 Å². The summed E-state index contributed by atoms with van der Waals surface area (Å²) in [6.45, 7) is 1.95. The van der Waals surface area contributed by atoms with Crippen LogP contribution in [0, 0.1) is 0 Å². The molecule has 0 N–H and O–H groups in total. The van der Waals surface area contributed by atoms with Gasteiger partial charge in [0.25, 0.3) is 0 Å². The van der Waals surface area contributed by atoms with Crippen LogP contribution in [0.3, 0.4) is 0 Å². The van der Waals surface area contributed by atoms with Gasteiger partial charge in [-0.1, -0.05) is 60.7 Å². The van der Waals surface area contributed by atoms with E-state index >= 15 is 0 Å². The van der Waals surface area contributed by atoms with E-state index in [9.17, 15) is 4.79 Å². The summed E-state index contributed by atoms with van der Waals surface area (Å²) >= 11 is 0. The lowest BCUT2D eigenvalue weighted by molar-refractivity contribution is -0.134. The van der Waals surface area contributed by atoms with Crippen LogP contribution in [0.15, 0.2) is 67.0 Å². The van der Waals surface area contributed by atoms with Gasteiger partial charge in [0, 0.05) is 37.8 Å². The fourth-order valence-corrected chi connectivity index (χ4v) is 5.09. The molecule has 2 aliphatic rings. The largest absolute Gasteiger partial charge is 0.337 e. The highest BCUT2D eigenvalue weighted by molar-refractivity contribution is 5.91. The molecule has 7 nitrogen and oxygen atoms in total. The smallest absolute Gasteiger partial charge is 0.233 e. The first kappa shape index (κ1) is 19.9. The highest BCUT2D eigenvalue weighted by Gasteiger charge is 2.53. The summed E-state index contributed by atoms with van der Waals surface area (Å²) < 4.78 is 3.98. The predicted molar refractivity (Wildman–Crippen MR) is 124 cm³/mol. The van der Waals surface area contributed by atoms with E-state index in [0.717, 1.165) is 48.5 Å². The van der Waals surface area contributed by atoms with Crippen LogP contribution in [-0.4, -0.2) is 41.9 Å². The molecule has 0 spiro atoms. The van der Waals surface area contributed by atoms with Gasteiger partial charge in [0.15, 0.2) is 5.82 Å². The Hall–Kier alpha value is -3.74. The summed E-state index contributed by atoms with van der Waals surface area (Å²) in [6.07, 6.45) is 4.39. The highest BCUT2D eigenvalue weighted by Crippen LogP contribution is 2.50. The number of hydrogen-bond donors (Lipinski definition) is 0. The Labute approximate surface area is 192 Å². The number of carbonyl (C=O) groups excluding carboxylic acids is 1. The van der Waals surface area contributed by atoms with E-state index in [2.05, 4.69) is 34.5 Å². The number of aryl methyl sites for hydroxylation is 1. The van der Waals surface area contributed by atoms with E-state index in [4.69, 9.17) is 5.10 Å². The monoisotopic (exact) mass is 438 g/mol. The molecule has 6 rings (SSSR count). The maximum Gasteiger partial charge on any atom is 0.233 e. The van der Waals surface area contributed by atoms with Crippen LogP contribution in [0.2, 0.25) is 0 Å². The van der Waals surface area contributed by atoms with Crippen molar-refractivity contribution in [2.45, 2.75) is 37.8 Å². The van der Waals surface area contributed by atoms with Crippen molar-refractivity contribution in [1.29, 1.82) is 0 Å².